The Morgan fingerprint density at radius 1 is 1.00 bits per heavy atom. The Bertz CT molecular complexity index is 1370. The van der Waals surface area contributed by atoms with Gasteiger partial charge in [0.2, 0.25) is 0 Å². The lowest BCUT2D eigenvalue weighted by atomic mass is 9.80. The van der Waals surface area contributed by atoms with E-state index in [4.69, 9.17) is 0 Å². The molecule has 0 saturated carbocycles. The maximum Gasteiger partial charge on any atom is 0.461 e. The summed E-state index contributed by atoms with van der Waals surface area (Å²) >= 11 is 2.08. The van der Waals surface area contributed by atoms with E-state index in [-0.39, 0.29) is 17.8 Å². The first-order chi connectivity index (χ1) is 18.2. The topological polar surface area (TPSA) is 89.0 Å². The largest absolute Gasteiger partial charge is 0.461 e. The van der Waals surface area contributed by atoms with E-state index in [0.29, 0.717) is 5.69 Å². The molecule has 4 rings (SSSR count). The van der Waals surface area contributed by atoms with Gasteiger partial charge in [-0.25, -0.2) is 14.8 Å². The van der Waals surface area contributed by atoms with Crippen LogP contribution in [0, 0.1) is 3.57 Å². The minimum atomic E-state index is -4.71. The maximum absolute atomic E-state index is 13.7. The summed E-state index contributed by atoms with van der Waals surface area (Å²) in [5, 5.41) is 5.55. The fourth-order valence-corrected chi connectivity index (χ4v) is 4.10. The van der Waals surface area contributed by atoms with Crippen LogP contribution in [0.25, 0.3) is 0 Å². The van der Waals surface area contributed by atoms with Crippen molar-refractivity contribution in [3.63, 3.8) is 0 Å². The zero-order valence-corrected chi connectivity index (χ0v) is 21.7. The summed E-state index contributed by atoms with van der Waals surface area (Å²) < 4.78 is 58.4. The van der Waals surface area contributed by atoms with Crippen LogP contribution in [0.3, 0.4) is 0 Å². The Labute approximate surface area is 228 Å². The molecule has 0 aliphatic heterocycles. The van der Waals surface area contributed by atoms with Gasteiger partial charge in [-0.15, -0.1) is 0 Å². The van der Waals surface area contributed by atoms with Crippen molar-refractivity contribution in [1.29, 1.82) is 0 Å². The van der Waals surface area contributed by atoms with Crippen LogP contribution >= 0.6 is 22.6 Å². The summed E-state index contributed by atoms with van der Waals surface area (Å²) in [6, 6.07) is 18.7. The number of ether oxygens (including phenoxy) is 1. The highest BCUT2D eigenvalue weighted by atomic mass is 127. The van der Waals surface area contributed by atoms with Gasteiger partial charge in [0.05, 0.1) is 5.69 Å². The molecule has 12 heteroatoms. The minimum absolute atomic E-state index is 0.132. The first-order valence-corrected chi connectivity index (χ1v) is 12.2. The van der Waals surface area contributed by atoms with Crippen LogP contribution < -0.4 is 15.4 Å². The van der Waals surface area contributed by atoms with Crippen molar-refractivity contribution in [2.24, 2.45) is 0 Å². The van der Waals surface area contributed by atoms with Gasteiger partial charge in [0.15, 0.2) is 0 Å². The van der Waals surface area contributed by atoms with Gasteiger partial charge in [-0.2, -0.15) is 17.6 Å². The van der Waals surface area contributed by atoms with E-state index in [1.54, 1.807) is 24.4 Å². The third-order valence-electron chi connectivity index (χ3n) is 5.46. The molecule has 2 amide bonds. The zero-order chi connectivity index (χ0) is 27.2. The van der Waals surface area contributed by atoms with Crippen molar-refractivity contribution in [1.82, 2.24) is 20.3 Å². The number of carbonyl (C=O) groups excluding carboxylic acids is 1. The average Bonchev–Trinajstić information content (AvgIpc) is 2.89. The first-order valence-electron chi connectivity index (χ1n) is 11.1. The number of pyridine rings is 1. The SMILES string of the molecule is O=C(Nc1ccncn1)N[C@@](Cc1ccccc1)(c1cccc(OC(F)(F)C(F)F)c1)c1ccc(I)cn1. The van der Waals surface area contributed by atoms with Crippen molar-refractivity contribution in [2.45, 2.75) is 24.5 Å². The summed E-state index contributed by atoms with van der Waals surface area (Å²) in [5.41, 5.74) is -0.0188. The summed E-state index contributed by atoms with van der Waals surface area (Å²) in [4.78, 5) is 25.6. The Balaban J connectivity index is 1.84. The number of hydrogen-bond donors (Lipinski definition) is 2. The Hall–Kier alpha value is -3.81. The quantitative estimate of drug-likeness (QED) is 0.173. The molecule has 4 aromatic rings. The first kappa shape index (κ1) is 27.2. The number of halogens is 5. The van der Waals surface area contributed by atoms with E-state index in [1.807, 2.05) is 30.3 Å². The number of nitrogens with zero attached hydrogens (tertiary/aromatic N) is 3. The van der Waals surface area contributed by atoms with Crippen molar-refractivity contribution in [3.8, 4) is 5.75 Å². The van der Waals surface area contributed by atoms with E-state index < -0.39 is 29.9 Å². The van der Waals surface area contributed by atoms with Crippen LogP contribution in [0.4, 0.5) is 28.2 Å². The van der Waals surface area contributed by atoms with Crippen LogP contribution in [0.1, 0.15) is 16.8 Å². The van der Waals surface area contributed by atoms with E-state index in [1.165, 1.54) is 30.7 Å². The predicted molar refractivity (Wildman–Crippen MR) is 140 cm³/mol. The molecule has 2 aromatic heterocycles. The van der Waals surface area contributed by atoms with Crippen LogP contribution in [0.5, 0.6) is 5.75 Å². The number of rotatable bonds is 9. The minimum Gasteiger partial charge on any atom is -0.428 e. The van der Waals surface area contributed by atoms with Crippen molar-refractivity contribution >= 4 is 34.4 Å². The molecule has 1 atom stereocenters. The molecule has 38 heavy (non-hydrogen) atoms. The second-order valence-electron chi connectivity index (χ2n) is 8.10. The Morgan fingerprint density at radius 3 is 2.45 bits per heavy atom. The molecule has 2 N–H and O–H groups in total. The van der Waals surface area contributed by atoms with Gasteiger partial charge < -0.3 is 10.1 Å². The predicted octanol–water partition coefficient (Wildman–Crippen LogP) is 6.02. The molecule has 0 radical (unpaired) electrons. The number of nitrogens with one attached hydrogen (secondary N) is 2. The number of alkyl halides is 4. The lowest BCUT2D eigenvalue weighted by molar-refractivity contribution is -0.253. The van der Waals surface area contributed by atoms with Crippen LogP contribution in [0.15, 0.2) is 91.5 Å². The molecule has 0 aliphatic rings. The maximum atomic E-state index is 13.7. The lowest BCUT2D eigenvalue weighted by Gasteiger charge is -2.35. The fraction of sp³-hybridized carbons (Fsp3) is 0.154. The number of hydrogen-bond acceptors (Lipinski definition) is 5. The van der Waals surface area contributed by atoms with Crippen LogP contribution in [-0.2, 0) is 12.0 Å². The van der Waals surface area contributed by atoms with E-state index >= 15 is 0 Å². The summed E-state index contributed by atoms with van der Waals surface area (Å²) in [6.45, 7) is 0. The van der Waals surface area contributed by atoms with Gasteiger partial charge in [-0.3, -0.25) is 10.3 Å². The van der Waals surface area contributed by atoms with Crippen molar-refractivity contribution < 1.29 is 27.1 Å². The van der Waals surface area contributed by atoms with Gasteiger partial charge >= 0.3 is 18.6 Å². The van der Waals surface area contributed by atoms with Gasteiger partial charge in [-0.05, 0) is 64.0 Å². The monoisotopic (exact) mass is 637 g/mol. The molecule has 0 aliphatic carbocycles. The molecule has 0 unspecified atom stereocenters. The van der Waals surface area contributed by atoms with E-state index in [0.717, 1.165) is 15.2 Å². The summed E-state index contributed by atoms with van der Waals surface area (Å²) in [7, 11) is 0. The standard InChI is InChI=1S/C26H20F4IN5O2/c27-23(28)26(29,30)38-20-8-4-7-18(13-20)25(14-17-5-2-1-3-6-17,21-10-9-19(31)15-33-21)36-24(37)35-22-11-12-32-16-34-22/h1-13,15-16,23H,14H2,(H2,32,34,35,36,37)/t25-/m0/s1. The third-order valence-corrected chi connectivity index (χ3v) is 6.10. The number of benzene rings is 2. The lowest BCUT2D eigenvalue weighted by Crippen LogP contribution is -2.50. The molecule has 7 nitrogen and oxygen atoms in total. The van der Waals surface area contributed by atoms with Crippen molar-refractivity contribution in [3.05, 3.63) is 112 Å². The summed E-state index contributed by atoms with van der Waals surface area (Å²) in [6.07, 6.45) is -4.31. The molecule has 0 bridgehead atoms. The van der Waals surface area contributed by atoms with Gasteiger partial charge in [0, 0.05) is 22.4 Å². The van der Waals surface area contributed by atoms with Gasteiger partial charge in [0.25, 0.3) is 0 Å². The van der Waals surface area contributed by atoms with Crippen molar-refractivity contribution in [2.75, 3.05) is 5.32 Å². The Kier molecular flexibility index (Phi) is 8.39. The smallest absolute Gasteiger partial charge is 0.428 e. The third kappa shape index (κ3) is 6.54. The highest BCUT2D eigenvalue weighted by molar-refractivity contribution is 14.1. The molecule has 196 valence electrons. The summed E-state index contributed by atoms with van der Waals surface area (Å²) in [5.74, 6) is -0.288. The number of urea groups is 1. The molecular formula is C26H20F4IN5O2. The average molecular weight is 637 g/mol. The molecular weight excluding hydrogens is 617 g/mol. The highest BCUT2D eigenvalue weighted by Gasteiger charge is 2.44. The zero-order valence-electron chi connectivity index (χ0n) is 19.5. The van der Waals surface area contributed by atoms with Gasteiger partial charge in [0.1, 0.15) is 23.4 Å². The number of aromatic nitrogens is 3. The number of anilines is 1. The number of carbonyl (C=O) groups is 1. The molecule has 0 spiro atoms. The number of amides is 2. The van der Waals surface area contributed by atoms with E-state index in [2.05, 4.69) is 52.9 Å². The molecule has 0 fully saturated rings. The van der Waals surface area contributed by atoms with E-state index in [9.17, 15) is 22.4 Å². The second-order valence-corrected chi connectivity index (χ2v) is 9.34. The van der Waals surface area contributed by atoms with Crippen LogP contribution in [0.2, 0.25) is 0 Å². The molecule has 0 saturated heterocycles. The molecule has 2 heterocycles. The fourth-order valence-electron chi connectivity index (χ4n) is 3.78. The Morgan fingerprint density at radius 2 is 1.79 bits per heavy atom. The second kappa shape index (κ2) is 11.7. The van der Waals surface area contributed by atoms with Gasteiger partial charge in [-0.1, -0.05) is 42.5 Å². The highest BCUT2D eigenvalue weighted by Crippen LogP contribution is 2.36. The molecule has 2 aromatic carbocycles. The van der Waals surface area contributed by atoms with Crippen LogP contribution in [-0.4, -0.2) is 33.5 Å². The normalized spacial score (nSPS) is 13.0.